The smallest absolute Gasteiger partial charge is 0.398 e. The molecule has 4 nitrogen and oxygen atoms in total. The molecule has 5 heteroatoms. The molecular formula is C16H29BN2O2. The summed E-state index contributed by atoms with van der Waals surface area (Å²) < 4.78 is 14.2. The van der Waals surface area contributed by atoms with Crippen molar-refractivity contribution in [3.05, 3.63) is 12.3 Å². The minimum atomic E-state index is -0.361. The van der Waals surface area contributed by atoms with E-state index in [1.54, 1.807) is 0 Å². The summed E-state index contributed by atoms with van der Waals surface area (Å²) in [5.41, 5.74) is 0.257. The molecule has 0 unspecified atom stereocenters. The van der Waals surface area contributed by atoms with E-state index in [9.17, 15) is 0 Å². The molecule has 1 aromatic rings. The second kappa shape index (κ2) is 6.13. The molecule has 1 aliphatic heterocycles. The van der Waals surface area contributed by atoms with E-state index in [0.29, 0.717) is 6.04 Å². The first-order valence-corrected chi connectivity index (χ1v) is 8.21. The van der Waals surface area contributed by atoms with Gasteiger partial charge in [-0.25, -0.2) is 0 Å². The number of rotatable bonds is 6. The van der Waals surface area contributed by atoms with E-state index >= 15 is 0 Å². The van der Waals surface area contributed by atoms with Crippen molar-refractivity contribution in [2.75, 3.05) is 0 Å². The van der Waals surface area contributed by atoms with Gasteiger partial charge >= 0.3 is 7.12 Å². The second-order valence-corrected chi connectivity index (χ2v) is 7.04. The van der Waals surface area contributed by atoms with Crippen molar-refractivity contribution in [3.63, 3.8) is 0 Å². The van der Waals surface area contributed by atoms with Gasteiger partial charge in [0.1, 0.15) is 0 Å². The maximum atomic E-state index is 6.07. The summed E-state index contributed by atoms with van der Waals surface area (Å²) in [5.74, 6) is 0. The molecule has 118 valence electrons. The van der Waals surface area contributed by atoms with Crippen molar-refractivity contribution in [1.29, 1.82) is 0 Å². The molecule has 2 heterocycles. The zero-order valence-corrected chi connectivity index (χ0v) is 14.3. The fourth-order valence-electron chi connectivity index (χ4n) is 2.72. The average molecular weight is 292 g/mol. The summed E-state index contributed by atoms with van der Waals surface area (Å²) >= 11 is 0. The van der Waals surface area contributed by atoms with Gasteiger partial charge in [0.25, 0.3) is 0 Å². The van der Waals surface area contributed by atoms with Gasteiger partial charge in [-0.2, -0.15) is 5.10 Å². The van der Waals surface area contributed by atoms with Crippen LogP contribution in [-0.2, 0) is 9.31 Å². The van der Waals surface area contributed by atoms with E-state index < -0.39 is 0 Å². The monoisotopic (exact) mass is 292 g/mol. The third-order valence-corrected chi connectivity index (χ3v) is 4.74. The van der Waals surface area contributed by atoms with Gasteiger partial charge in [0.05, 0.1) is 22.8 Å². The van der Waals surface area contributed by atoms with Crippen LogP contribution in [0.15, 0.2) is 12.3 Å². The van der Waals surface area contributed by atoms with Crippen LogP contribution in [-0.4, -0.2) is 28.1 Å². The van der Waals surface area contributed by atoms with E-state index in [2.05, 4.69) is 52.4 Å². The highest BCUT2D eigenvalue weighted by Gasteiger charge is 2.52. The van der Waals surface area contributed by atoms with E-state index in [4.69, 9.17) is 14.4 Å². The molecule has 21 heavy (non-hydrogen) atoms. The van der Waals surface area contributed by atoms with Crippen LogP contribution in [0.4, 0.5) is 0 Å². The Hall–Kier alpha value is -0.805. The lowest BCUT2D eigenvalue weighted by Gasteiger charge is -2.32. The number of aromatic nitrogens is 2. The van der Waals surface area contributed by atoms with Crippen LogP contribution in [0.3, 0.4) is 0 Å². The van der Waals surface area contributed by atoms with Gasteiger partial charge in [0.15, 0.2) is 0 Å². The summed E-state index contributed by atoms with van der Waals surface area (Å²) in [7, 11) is -0.361. The number of nitrogens with zero attached hydrogens (tertiary/aromatic N) is 2. The van der Waals surface area contributed by atoms with Crippen LogP contribution in [0.2, 0.25) is 0 Å². The first-order valence-electron chi connectivity index (χ1n) is 8.21. The molecule has 1 fully saturated rings. The summed E-state index contributed by atoms with van der Waals surface area (Å²) in [6.45, 7) is 12.7. The molecule has 0 aromatic carbocycles. The molecule has 2 rings (SSSR count). The lowest BCUT2D eigenvalue weighted by molar-refractivity contribution is 0.00578. The quantitative estimate of drug-likeness (QED) is 0.755. The molecule has 0 saturated carbocycles. The van der Waals surface area contributed by atoms with Crippen LogP contribution in [0.1, 0.15) is 73.3 Å². The fraction of sp³-hybridized carbons (Fsp3) is 0.812. The first-order chi connectivity index (χ1) is 9.80. The summed E-state index contributed by atoms with van der Waals surface area (Å²) in [4.78, 5) is 0. The number of hydrogen-bond donors (Lipinski definition) is 0. The largest absolute Gasteiger partial charge is 0.516 e. The highest BCUT2D eigenvalue weighted by molar-refractivity contribution is 6.61. The Bertz CT molecular complexity index is 449. The zero-order valence-electron chi connectivity index (χ0n) is 14.3. The van der Waals surface area contributed by atoms with Gasteiger partial charge in [0, 0.05) is 6.20 Å². The van der Waals surface area contributed by atoms with Gasteiger partial charge in [-0.15, -0.1) is 0 Å². The highest BCUT2D eigenvalue weighted by Crippen LogP contribution is 2.36. The maximum Gasteiger partial charge on any atom is 0.516 e. The van der Waals surface area contributed by atoms with E-state index in [1.165, 1.54) is 25.7 Å². The van der Waals surface area contributed by atoms with Crippen molar-refractivity contribution >= 4 is 12.7 Å². The summed E-state index contributed by atoms with van der Waals surface area (Å²) in [6.07, 6.45) is 6.75. The lowest BCUT2D eigenvalue weighted by Crippen LogP contribution is -2.41. The lowest BCUT2D eigenvalue weighted by atomic mass is 9.85. The van der Waals surface area contributed by atoms with Crippen molar-refractivity contribution in [2.45, 2.75) is 84.5 Å². The van der Waals surface area contributed by atoms with Crippen LogP contribution in [0.5, 0.6) is 0 Å². The number of hydrogen-bond acceptors (Lipinski definition) is 3. The highest BCUT2D eigenvalue weighted by atomic mass is 16.7. The minimum absolute atomic E-state index is 0.312. The van der Waals surface area contributed by atoms with Gasteiger partial charge in [-0.3, -0.25) is 4.68 Å². The van der Waals surface area contributed by atoms with Crippen LogP contribution >= 0.6 is 0 Å². The standard InChI is InChI=1S/C16H29BN2O2/c1-7-9-13(10-8-2)19-12-11-14(18-19)17-20-15(3,4)16(5,6)21-17/h11-13H,7-10H2,1-6H3. The Morgan fingerprint density at radius 2 is 1.62 bits per heavy atom. The molecule has 0 spiro atoms. The molecular weight excluding hydrogens is 263 g/mol. The van der Waals surface area contributed by atoms with Crippen LogP contribution in [0, 0.1) is 0 Å². The SMILES string of the molecule is CCCC(CCC)n1ccc(B2OC(C)(C)C(C)(C)O2)n1. The molecule has 0 radical (unpaired) electrons. The fourth-order valence-corrected chi connectivity index (χ4v) is 2.72. The van der Waals surface area contributed by atoms with Crippen LogP contribution < -0.4 is 5.59 Å². The molecule has 0 atom stereocenters. The first kappa shape index (κ1) is 16.6. The van der Waals surface area contributed by atoms with Crippen LogP contribution in [0.25, 0.3) is 0 Å². The zero-order chi connectivity index (χ0) is 15.7. The van der Waals surface area contributed by atoms with Crippen molar-refractivity contribution in [3.8, 4) is 0 Å². The summed E-state index contributed by atoms with van der Waals surface area (Å²) in [5, 5.41) is 4.73. The predicted octanol–water partition coefficient (Wildman–Crippen LogP) is 3.32. The molecule has 1 aliphatic rings. The Kier molecular flexibility index (Phi) is 4.84. The van der Waals surface area contributed by atoms with Gasteiger partial charge in [-0.1, -0.05) is 26.7 Å². The van der Waals surface area contributed by atoms with E-state index in [0.717, 1.165) is 5.59 Å². The van der Waals surface area contributed by atoms with Crippen molar-refractivity contribution < 1.29 is 9.31 Å². The Labute approximate surface area is 129 Å². The molecule has 1 aromatic heterocycles. The molecule has 1 saturated heterocycles. The Balaban J connectivity index is 2.13. The summed E-state index contributed by atoms with van der Waals surface area (Å²) in [6, 6.07) is 2.51. The topological polar surface area (TPSA) is 36.3 Å². The maximum absolute atomic E-state index is 6.07. The minimum Gasteiger partial charge on any atom is -0.398 e. The van der Waals surface area contributed by atoms with E-state index in [1.807, 2.05) is 6.07 Å². The Morgan fingerprint density at radius 3 is 2.10 bits per heavy atom. The van der Waals surface area contributed by atoms with Crippen molar-refractivity contribution in [2.24, 2.45) is 0 Å². The molecule has 0 bridgehead atoms. The Morgan fingerprint density at radius 1 is 1.10 bits per heavy atom. The predicted molar refractivity (Wildman–Crippen MR) is 86.8 cm³/mol. The van der Waals surface area contributed by atoms with E-state index in [-0.39, 0.29) is 18.3 Å². The third kappa shape index (κ3) is 3.34. The van der Waals surface area contributed by atoms with Gasteiger partial charge < -0.3 is 9.31 Å². The van der Waals surface area contributed by atoms with Crippen molar-refractivity contribution in [1.82, 2.24) is 9.78 Å². The van der Waals surface area contributed by atoms with Gasteiger partial charge in [-0.05, 0) is 46.6 Å². The molecule has 0 aliphatic carbocycles. The average Bonchev–Trinajstić information content (AvgIpc) is 2.93. The normalized spacial score (nSPS) is 20.4. The molecule has 0 amide bonds. The third-order valence-electron chi connectivity index (χ3n) is 4.74. The second-order valence-electron chi connectivity index (χ2n) is 7.04. The molecule has 0 N–H and O–H groups in total. The van der Waals surface area contributed by atoms with Gasteiger partial charge in [0.2, 0.25) is 0 Å².